The molecule has 0 saturated carbocycles. The van der Waals surface area contributed by atoms with E-state index in [4.69, 9.17) is 4.74 Å². The Bertz CT molecular complexity index is 291. The highest BCUT2D eigenvalue weighted by Crippen LogP contribution is 2.16. The SMILES string of the molecule is CCCOCC(NC)c1ccccc1F. The van der Waals surface area contributed by atoms with Gasteiger partial charge in [-0.1, -0.05) is 25.1 Å². The van der Waals surface area contributed by atoms with Crippen molar-refractivity contribution in [2.24, 2.45) is 0 Å². The lowest BCUT2D eigenvalue weighted by atomic mass is 10.1. The summed E-state index contributed by atoms with van der Waals surface area (Å²) in [5.41, 5.74) is 0.663. The van der Waals surface area contributed by atoms with Crippen molar-refractivity contribution in [2.45, 2.75) is 19.4 Å². The second-order valence-electron chi connectivity index (χ2n) is 3.44. The number of likely N-dealkylation sites (N-methyl/N-ethyl adjacent to an activating group) is 1. The third-order valence-corrected chi connectivity index (χ3v) is 2.26. The molecular weight excluding hydrogens is 193 g/mol. The average molecular weight is 211 g/mol. The molecule has 0 aliphatic rings. The van der Waals surface area contributed by atoms with Gasteiger partial charge >= 0.3 is 0 Å². The molecule has 0 aliphatic carbocycles. The van der Waals surface area contributed by atoms with Gasteiger partial charge in [0.25, 0.3) is 0 Å². The van der Waals surface area contributed by atoms with Gasteiger partial charge in [-0.15, -0.1) is 0 Å². The van der Waals surface area contributed by atoms with Gasteiger partial charge in [0.15, 0.2) is 0 Å². The highest BCUT2D eigenvalue weighted by molar-refractivity contribution is 5.21. The zero-order valence-corrected chi connectivity index (χ0v) is 9.29. The minimum Gasteiger partial charge on any atom is -0.379 e. The molecule has 1 unspecified atom stereocenters. The van der Waals surface area contributed by atoms with E-state index in [0.29, 0.717) is 18.8 Å². The molecule has 0 amide bonds. The smallest absolute Gasteiger partial charge is 0.128 e. The summed E-state index contributed by atoms with van der Waals surface area (Å²) in [7, 11) is 1.81. The molecule has 0 spiro atoms. The van der Waals surface area contributed by atoms with Crippen LogP contribution in [0.3, 0.4) is 0 Å². The predicted molar refractivity (Wildman–Crippen MR) is 59.3 cm³/mol. The largest absolute Gasteiger partial charge is 0.379 e. The van der Waals surface area contributed by atoms with Gasteiger partial charge in [-0.2, -0.15) is 0 Å². The Labute approximate surface area is 90.4 Å². The van der Waals surface area contributed by atoms with Gasteiger partial charge in [0.2, 0.25) is 0 Å². The van der Waals surface area contributed by atoms with Crippen LogP contribution in [0.15, 0.2) is 24.3 Å². The van der Waals surface area contributed by atoms with Crippen LogP contribution in [0.5, 0.6) is 0 Å². The van der Waals surface area contributed by atoms with Crippen molar-refractivity contribution in [3.05, 3.63) is 35.6 Å². The molecule has 1 atom stereocenters. The molecule has 1 N–H and O–H groups in total. The minimum absolute atomic E-state index is 0.0715. The quantitative estimate of drug-likeness (QED) is 0.730. The summed E-state index contributed by atoms with van der Waals surface area (Å²) in [5.74, 6) is -0.183. The molecule has 0 fully saturated rings. The molecule has 84 valence electrons. The van der Waals surface area contributed by atoms with E-state index in [1.165, 1.54) is 6.07 Å². The number of halogens is 1. The Balaban J connectivity index is 2.61. The molecule has 0 heterocycles. The van der Waals surface area contributed by atoms with Gasteiger partial charge in [0.1, 0.15) is 5.82 Å². The van der Waals surface area contributed by atoms with Crippen LogP contribution < -0.4 is 5.32 Å². The zero-order valence-electron chi connectivity index (χ0n) is 9.29. The van der Waals surface area contributed by atoms with Crippen LogP contribution in [-0.4, -0.2) is 20.3 Å². The molecule has 0 radical (unpaired) electrons. The van der Waals surface area contributed by atoms with Gasteiger partial charge < -0.3 is 10.1 Å². The summed E-state index contributed by atoms with van der Waals surface area (Å²) in [4.78, 5) is 0. The molecule has 1 aromatic rings. The normalized spacial score (nSPS) is 12.7. The fourth-order valence-corrected chi connectivity index (χ4v) is 1.43. The first-order valence-electron chi connectivity index (χ1n) is 5.29. The van der Waals surface area contributed by atoms with E-state index in [9.17, 15) is 4.39 Å². The van der Waals surface area contributed by atoms with Gasteiger partial charge in [0.05, 0.1) is 12.6 Å². The number of nitrogens with one attached hydrogen (secondary N) is 1. The Hall–Kier alpha value is -0.930. The first-order chi connectivity index (χ1) is 7.29. The van der Waals surface area contributed by atoms with Crippen LogP contribution in [0.4, 0.5) is 4.39 Å². The summed E-state index contributed by atoms with van der Waals surface area (Å²) < 4.78 is 18.9. The van der Waals surface area contributed by atoms with Crippen molar-refractivity contribution in [1.82, 2.24) is 5.32 Å². The van der Waals surface area contributed by atoms with Gasteiger partial charge in [-0.3, -0.25) is 0 Å². The zero-order chi connectivity index (χ0) is 11.1. The lowest BCUT2D eigenvalue weighted by Gasteiger charge is -2.17. The van der Waals surface area contributed by atoms with E-state index in [0.717, 1.165) is 6.42 Å². The third-order valence-electron chi connectivity index (χ3n) is 2.26. The average Bonchev–Trinajstić information content (AvgIpc) is 2.26. The fourth-order valence-electron chi connectivity index (χ4n) is 1.43. The summed E-state index contributed by atoms with van der Waals surface area (Å²) >= 11 is 0. The molecule has 2 nitrogen and oxygen atoms in total. The van der Waals surface area contributed by atoms with Crippen molar-refractivity contribution in [1.29, 1.82) is 0 Å². The topological polar surface area (TPSA) is 21.3 Å². The summed E-state index contributed by atoms with van der Waals surface area (Å²) in [6, 6.07) is 6.71. The molecule has 1 aromatic carbocycles. The number of hydrogen-bond acceptors (Lipinski definition) is 2. The summed E-state index contributed by atoms with van der Waals surface area (Å²) in [6.07, 6.45) is 0.980. The van der Waals surface area contributed by atoms with E-state index in [1.54, 1.807) is 12.1 Å². The van der Waals surface area contributed by atoms with Crippen LogP contribution in [0, 0.1) is 5.82 Å². The van der Waals surface area contributed by atoms with Gasteiger partial charge in [-0.25, -0.2) is 4.39 Å². The summed E-state index contributed by atoms with van der Waals surface area (Å²) in [5, 5.41) is 3.05. The van der Waals surface area contributed by atoms with E-state index in [1.807, 2.05) is 13.1 Å². The molecule has 0 saturated heterocycles. The highest BCUT2D eigenvalue weighted by Gasteiger charge is 2.12. The maximum atomic E-state index is 13.4. The molecule has 0 aliphatic heterocycles. The van der Waals surface area contributed by atoms with E-state index in [-0.39, 0.29) is 11.9 Å². The van der Waals surface area contributed by atoms with Crippen molar-refractivity contribution in [3.8, 4) is 0 Å². The van der Waals surface area contributed by atoms with Crippen molar-refractivity contribution < 1.29 is 9.13 Å². The Morgan fingerprint density at radius 3 is 2.73 bits per heavy atom. The third kappa shape index (κ3) is 3.61. The van der Waals surface area contributed by atoms with E-state index < -0.39 is 0 Å². The molecule has 0 aromatic heterocycles. The van der Waals surface area contributed by atoms with Crippen LogP contribution >= 0.6 is 0 Å². The standard InChI is InChI=1S/C12H18FNO/c1-3-8-15-9-12(14-2)10-6-4-5-7-11(10)13/h4-7,12,14H,3,8-9H2,1-2H3. The minimum atomic E-state index is -0.183. The number of rotatable bonds is 6. The van der Waals surface area contributed by atoms with Crippen LogP contribution in [0.1, 0.15) is 24.9 Å². The maximum Gasteiger partial charge on any atom is 0.128 e. The molecule has 15 heavy (non-hydrogen) atoms. The van der Waals surface area contributed by atoms with Crippen LogP contribution in [0.2, 0.25) is 0 Å². The molecule has 0 bridgehead atoms. The predicted octanol–water partition coefficient (Wildman–Crippen LogP) is 2.51. The number of benzene rings is 1. The van der Waals surface area contributed by atoms with Gasteiger partial charge in [-0.05, 0) is 19.5 Å². The summed E-state index contributed by atoms with van der Waals surface area (Å²) in [6.45, 7) is 3.27. The van der Waals surface area contributed by atoms with E-state index in [2.05, 4.69) is 12.2 Å². The lowest BCUT2D eigenvalue weighted by molar-refractivity contribution is 0.113. The number of hydrogen-bond donors (Lipinski definition) is 1. The first kappa shape index (κ1) is 12.1. The van der Waals surface area contributed by atoms with Crippen LogP contribution in [0.25, 0.3) is 0 Å². The highest BCUT2D eigenvalue weighted by atomic mass is 19.1. The molecular formula is C12H18FNO. The van der Waals surface area contributed by atoms with Crippen molar-refractivity contribution >= 4 is 0 Å². The lowest BCUT2D eigenvalue weighted by Crippen LogP contribution is -2.23. The second kappa shape index (κ2) is 6.53. The Morgan fingerprint density at radius 1 is 1.40 bits per heavy atom. The second-order valence-corrected chi connectivity index (χ2v) is 3.44. The van der Waals surface area contributed by atoms with Crippen molar-refractivity contribution in [3.63, 3.8) is 0 Å². The first-order valence-corrected chi connectivity index (χ1v) is 5.29. The van der Waals surface area contributed by atoms with E-state index >= 15 is 0 Å². The number of ether oxygens (including phenoxy) is 1. The molecule has 3 heteroatoms. The maximum absolute atomic E-state index is 13.4. The fraction of sp³-hybridized carbons (Fsp3) is 0.500. The van der Waals surface area contributed by atoms with Crippen LogP contribution in [-0.2, 0) is 4.74 Å². The molecule has 1 rings (SSSR count). The van der Waals surface area contributed by atoms with Gasteiger partial charge in [0, 0.05) is 12.2 Å². The monoisotopic (exact) mass is 211 g/mol. The Kier molecular flexibility index (Phi) is 5.29. The van der Waals surface area contributed by atoms with Crippen molar-refractivity contribution in [2.75, 3.05) is 20.3 Å². The Morgan fingerprint density at radius 2 is 2.13 bits per heavy atom.